The van der Waals surface area contributed by atoms with Crippen molar-refractivity contribution >= 4 is 0 Å². The van der Waals surface area contributed by atoms with Gasteiger partial charge in [-0.2, -0.15) is 0 Å². The fourth-order valence-corrected chi connectivity index (χ4v) is 2.06. The van der Waals surface area contributed by atoms with E-state index < -0.39 is 0 Å². The second-order valence-corrected chi connectivity index (χ2v) is 5.54. The van der Waals surface area contributed by atoms with Crippen molar-refractivity contribution in [2.45, 2.75) is 34.2 Å². The van der Waals surface area contributed by atoms with Gasteiger partial charge in [-0.1, -0.05) is 13.8 Å². The highest BCUT2D eigenvalue weighted by Gasteiger charge is 2.07. The lowest BCUT2D eigenvalue weighted by Gasteiger charge is -2.10. The van der Waals surface area contributed by atoms with Crippen LogP contribution in [-0.4, -0.2) is 21.5 Å². The van der Waals surface area contributed by atoms with Crippen LogP contribution in [0.25, 0.3) is 11.4 Å². The summed E-state index contributed by atoms with van der Waals surface area (Å²) < 4.78 is 0. The molecule has 20 heavy (non-hydrogen) atoms. The first kappa shape index (κ1) is 14.6. The van der Waals surface area contributed by atoms with Crippen molar-refractivity contribution in [1.82, 2.24) is 20.3 Å². The Hall–Kier alpha value is -1.81. The minimum Gasteiger partial charge on any atom is -0.311 e. The van der Waals surface area contributed by atoms with E-state index in [0.717, 1.165) is 41.4 Å². The average molecular weight is 270 g/mol. The van der Waals surface area contributed by atoms with E-state index in [1.807, 2.05) is 32.2 Å². The van der Waals surface area contributed by atoms with Crippen LogP contribution < -0.4 is 5.32 Å². The molecule has 0 spiro atoms. The van der Waals surface area contributed by atoms with Crippen molar-refractivity contribution < 1.29 is 0 Å². The zero-order valence-corrected chi connectivity index (χ0v) is 12.6. The molecule has 0 atom stereocenters. The van der Waals surface area contributed by atoms with Crippen molar-refractivity contribution in [1.29, 1.82) is 0 Å². The van der Waals surface area contributed by atoms with Crippen LogP contribution >= 0.6 is 0 Å². The van der Waals surface area contributed by atoms with Crippen LogP contribution in [0.1, 0.15) is 30.8 Å². The Morgan fingerprint density at radius 3 is 2.70 bits per heavy atom. The van der Waals surface area contributed by atoms with Crippen molar-refractivity contribution in [2.24, 2.45) is 5.92 Å². The van der Waals surface area contributed by atoms with E-state index in [-0.39, 0.29) is 0 Å². The summed E-state index contributed by atoms with van der Waals surface area (Å²) in [6.07, 6.45) is 3.63. The minimum atomic E-state index is 0.639. The summed E-state index contributed by atoms with van der Waals surface area (Å²) in [5.74, 6) is 1.42. The number of rotatable bonds is 5. The summed E-state index contributed by atoms with van der Waals surface area (Å²) in [6.45, 7) is 10.2. The Morgan fingerprint density at radius 2 is 2.00 bits per heavy atom. The molecule has 2 aromatic heterocycles. The second kappa shape index (κ2) is 6.57. The fraction of sp³-hybridized carbons (Fsp3) is 0.438. The molecule has 106 valence electrons. The highest BCUT2D eigenvalue weighted by atomic mass is 14.9. The van der Waals surface area contributed by atoms with Gasteiger partial charge in [0.05, 0.1) is 5.69 Å². The molecular formula is C16H22N4. The molecule has 0 aliphatic rings. The number of aromatic nitrogens is 3. The SMILES string of the molecule is Cc1cc(CNCC(C)C)nc(-c2ccncc2C)n1. The van der Waals surface area contributed by atoms with E-state index >= 15 is 0 Å². The first-order chi connectivity index (χ1) is 9.56. The Morgan fingerprint density at radius 1 is 1.20 bits per heavy atom. The molecule has 0 aliphatic heterocycles. The van der Waals surface area contributed by atoms with Crippen LogP contribution in [0.15, 0.2) is 24.5 Å². The third-order valence-corrected chi connectivity index (χ3v) is 3.03. The molecule has 0 aliphatic carbocycles. The van der Waals surface area contributed by atoms with E-state index in [4.69, 9.17) is 0 Å². The molecule has 2 aromatic rings. The topological polar surface area (TPSA) is 50.7 Å². The Kier molecular flexibility index (Phi) is 4.79. The number of aryl methyl sites for hydroxylation is 2. The van der Waals surface area contributed by atoms with E-state index in [9.17, 15) is 0 Å². The van der Waals surface area contributed by atoms with Crippen LogP contribution in [-0.2, 0) is 6.54 Å². The molecule has 0 amide bonds. The molecule has 4 heteroatoms. The molecule has 1 N–H and O–H groups in total. The van der Waals surface area contributed by atoms with Gasteiger partial charge in [0.2, 0.25) is 0 Å². The van der Waals surface area contributed by atoms with E-state index in [2.05, 4.69) is 34.1 Å². The lowest BCUT2D eigenvalue weighted by Crippen LogP contribution is -2.20. The third-order valence-electron chi connectivity index (χ3n) is 3.03. The summed E-state index contributed by atoms with van der Waals surface area (Å²) in [5, 5.41) is 3.42. The van der Waals surface area contributed by atoms with Crippen LogP contribution in [0.3, 0.4) is 0 Å². The van der Waals surface area contributed by atoms with Crippen molar-refractivity contribution in [3.8, 4) is 11.4 Å². The molecule has 0 fully saturated rings. The predicted molar refractivity (Wildman–Crippen MR) is 81.3 cm³/mol. The van der Waals surface area contributed by atoms with Crippen molar-refractivity contribution in [3.63, 3.8) is 0 Å². The lowest BCUT2D eigenvalue weighted by molar-refractivity contribution is 0.548. The van der Waals surface area contributed by atoms with Gasteiger partial charge in [0, 0.05) is 30.2 Å². The van der Waals surface area contributed by atoms with Crippen molar-refractivity contribution in [2.75, 3.05) is 6.54 Å². The molecule has 2 rings (SSSR count). The third kappa shape index (κ3) is 3.84. The zero-order chi connectivity index (χ0) is 14.5. The minimum absolute atomic E-state index is 0.639. The molecule has 0 unspecified atom stereocenters. The number of nitrogens with one attached hydrogen (secondary N) is 1. The standard InChI is InChI=1S/C16H22N4/c1-11(2)8-18-10-14-7-13(4)19-16(20-14)15-5-6-17-9-12(15)3/h5-7,9,11,18H,8,10H2,1-4H3. The van der Waals surface area contributed by atoms with Gasteiger partial charge in [-0.3, -0.25) is 4.98 Å². The molecule has 0 saturated carbocycles. The van der Waals surface area contributed by atoms with Crippen LogP contribution in [0, 0.1) is 19.8 Å². The number of hydrogen-bond donors (Lipinski definition) is 1. The predicted octanol–water partition coefficient (Wildman–Crippen LogP) is 2.90. The number of nitrogens with zero attached hydrogens (tertiary/aromatic N) is 3. The second-order valence-electron chi connectivity index (χ2n) is 5.54. The van der Waals surface area contributed by atoms with Gasteiger partial charge in [-0.25, -0.2) is 9.97 Å². The molecule has 0 saturated heterocycles. The summed E-state index contributed by atoms with van der Waals surface area (Å²) >= 11 is 0. The normalized spacial score (nSPS) is 11.1. The smallest absolute Gasteiger partial charge is 0.160 e. The van der Waals surface area contributed by atoms with E-state index in [1.54, 1.807) is 6.20 Å². The van der Waals surface area contributed by atoms with Gasteiger partial charge in [0.15, 0.2) is 5.82 Å². The van der Waals surface area contributed by atoms with Gasteiger partial charge < -0.3 is 5.32 Å². The summed E-state index contributed by atoms with van der Waals surface area (Å²) in [4.78, 5) is 13.3. The van der Waals surface area contributed by atoms with Crippen LogP contribution in [0.4, 0.5) is 0 Å². The molecule has 4 nitrogen and oxygen atoms in total. The van der Waals surface area contributed by atoms with Crippen molar-refractivity contribution in [3.05, 3.63) is 41.5 Å². The average Bonchev–Trinajstić information content (AvgIpc) is 2.38. The molecule has 2 heterocycles. The highest BCUT2D eigenvalue weighted by molar-refractivity contribution is 5.58. The molecule has 0 aromatic carbocycles. The fourth-order valence-electron chi connectivity index (χ4n) is 2.06. The Labute approximate surface area is 120 Å². The van der Waals surface area contributed by atoms with Gasteiger partial charge >= 0.3 is 0 Å². The van der Waals surface area contributed by atoms with Gasteiger partial charge in [-0.05, 0) is 44.0 Å². The largest absolute Gasteiger partial charge is 0.311 e. The molecular weight excluding hydrogens is 248 g/mol. The monoisotopic (exact) mass is 270 g/mol. The first-order valence-electron chi connectivity index (χ1n) is 7.02. The van der Waals surface area contributed by atoms with Gasteiger partial charge in [0.1, 0.15) is 0 Å². The van der Waals surface area contributed by atoms with E-state index in [0.29, 0.717) is 5.92 Å². The summed E-state index contributed by atoms with van der Waals surface area (Å²) in [7, 11) is 0. The maximum absolute atomic E-state index is 4.66. The lowest BCUT2D eigenvalue weighted by atomic mass is 10.1. The molecule has 0 bridgehead atoms. The summed E-state index contributed by atoms with van der Waals surface area (Å²) in [6, 6.07) is 4.00. The van der Waals surface area contributed by atoms with E-state index in [1.165, 1.54) is 0 Å². The quantitative estimate of drug-likeness (QED) is 0.907. The van der Waals surface area contributed by atoms with Crippen LogP contribution in [0.2, 0.25) is 0 Å². The number of pyridine rings is 1. The highest BCUT2D eigenvalue weighted by Crippen LogP contribution is 2.19. The van der Waals surface area contributed by atoms with Gasteiger partial charge in [0.25, 0.3) is 0 Å². The maximum atomic E-state index is 4.66. The van der Waals surface area contributed by atoms with Crippen LogP contribution in [0.5, 0.6) is 0 Å². The summed E-state index contributed by atoms with van der Waals surface area (Å²) in [5.41, 5.74) is 4.17. The van der Waals surface area contributed by atoms with Gasteiger partial charge in [-0.15, -0.1) is 0 Å². The first-order valence-corrected chi connectivity index (χ1v) is 7.02. The number of hydrogen-bond acceptors (Lipinski definition) is 4. The Bertz CT molecular complexity index is 578. The molecule has 0 radical (unpaired) electrons. The Balaban J connectivity index is 2.23. The zero-order valence-electron chi connectivity index (χ0n) is 12.6. The maximum Gasteiger partial charge on any atom is 0.160 e.